The van der Waals surface area contributed by atoms with Crippen molar-refractivity contribution in [2.24, 2.45) is 0 Å². The standard InChI is InChI=1S/C27H18O6/c28-13-19-4-1-16(10-25(19)31)22-7-23(17-2-5-20(14-29)26(32)11-17)9-24(8-22)18-3-6-21(15-30)27(33)12-18/h1-15,31-33H. The number of carbonyl (C=O) groups is 3. The number of aldehydes is 3. The van der Waals surface area contributed by atoms with E-state index in [2.05, 4.69) is 0 Å². The SMILES string of the molecule is O=Cc1ccc(-c2cc(-c3ccc(C=O)c(O)c3)cc(-c3ccc(C=O)c(O)c3)c2)cc1O. The fourth-order valence-corrected chi connectivity index (χ4v) is 3.60. The molecule has 0 aliphatic rings. The molecular weight excluding hydrogens is 420 g/mol. The average Bonchev–Trinajstić information content (AvgIpc) is 2.83. The van der Waals surface area contributed by atoms with Crippen LogP contribution in [-0.4, -0.2) is 34.2 Å². The van der Waals surface area contributed by atoms with Crippen molar-refractivity contribution in [1.82, 2.24) is 0 Å². The van der Waals surface area contributed by atoms with E-state index < -0.39 is 0 Å². The molecule has 4 aromatic carbocycles. The van der Waals surface area contributed by atoms with Crippen LogP contribution in [0.5, 0.6) is 17.2 Å². The van der Waals surface area contributed by atoms with Crippen LogP contribution in [0, 0.1) is 0 Å². The molecule has 0 fully saturated rings. The lowest BCUT2D eigenvalue weighted by atomic mass is 9.92. The number of phenols is 3. The minimum Gasteiger partial charge on any atom is -0.507 e. The quantitative estimate of drug-likeness (QED) is 0.355. The summed E-state index contributed by atoms with van der Waals surface area (Å²) >= 11 is 0. The Morgan fingerprint density at radius 1 is 0.394 bits per heavy atom. The molecule has 4 rings (SSSR count). The summed E-state index contributed by atoms with van der Waals surface area (Å²) in [5.41, 5.74) is 4.53. The van der Waals surface area contributed by atoms with Crippen LogP contribution in [0.1, 0.15) is 31.1 Å². The van der Waals surface area contributed by atoms with Gasteiger partial charge in [0.25, 0.3) is 0 Å². The van der Waals surface area contributed by atoms with Crippen LogP contribution >= 0.6 is 0 Å². The zero-order chi connectivity index (χ0) is 23.5. The highest BCUT2D eigenvalue weighted by Crippen LogP contribution is 2.36. The van der Waals surface area contributed by atoms with Crippen LogP contribution < -0.4 is 0 Å². The lowest BCUT2D eigenvalue weighted by Gasteiger charge is -2.13. The Morgan fingerprint density at radius 2 is 0.667 bits per heavy atom. The van der Waals surface area contributed by atoms with Crippen molar-refractivity contribution in [3.8, 4) is 50.6 Å². The maximum absolute atomic E-state index is 11.1. The molecule has 0 heterocycles. The van der Waals surface area contributed by atoms with Gasteiger partial charge < -0.3 is 15.3 Å². The van der Waals surface area contributed by atoms with Crippen molar-refractivity contribution in [2.75, 3.05) is 0 Å². The second-order valence-electron chi connectivity index (χ2n) is 7.47. The maximum atomic E-state index is 11.1. The van der Waals surface area contributed by atoms with Gasteiger partial charge in [0.1, 0.15) is 17.2 Å². The molecule has 0 saturated carbocycles. The molecule has 0 amide bonds. The zero-order valence-corrected chi connectivity index (χ0v) is 17.2. The minimum absolute atomic E-state index is 0.157. The van der Waals surface area contributed by atoms with Gasteiger partial charge in [-0.1, -0.05) is 18.2 Å². The molecule has 0 radical (unpaired) electrons. The van der Waals surface area contributed by atoms with Crippen LogP contribution in [-0.2, 0) is 0 Å². The molecule has 0 aromatic heterocycles. The van der Waals surface area contributed by atoms with Crippen LogP contribution in [0.15, 0.2) is 72.8 Å². The highest BCUT2D eigenvalue weighted by molar-refractivity contribution is 5.87. The number of hydrogen-bond acceptors (Lipinski definition) is 6. The second kappa shape index (κ2) is 8.80. The third-order valence-electron chi connectivity index (χ3n) is 5.41. The van der Waals surface area contributed by atoms with Crippen molar-refractivity contribution in [1.29, 1.82) is 0 Å². The Morgan fingerprint density at radius 3 is 0.879 bits per heavy atom. The summed E-state index contributed by atoms with van der Waals surface area (Å²) in [4.78, 5) is 33.2. The molecule has 162 valence electrons. The van der Waals surface area contributed by atoms with E-state index in [1.165, 1.54) is 36.4 Å². The fourth-order valence-electron chi connectivity index (χ4n) is 3.60. The number of hydrogen-bond donors (Lipinski definition) is 3. The Bertz CT molecular complexity index is 1220. The van der Waals surface area contributed by atoms with Gasteiger partial charge in [-0.2, -0.15) is 0 Å². The summed E-state index contributed by atoms with van der Waals surface area (Å²) in [6.07, 6.45) is 1.70. The molecule has 6 nitrogen and oxygen atoms in total. The number of phenolic OH excluding ortho intramolecular Hbond substituents is 3. The number of rotatable bonds is 6. The molecule has 0 unspecified atom stereocenters. The van der Waals surface area contributed by atoms with Crippen LogP contribution in [0.4, 0.5) is 0 Å². The van der Waals surface area contributed by atoms with Gasteiger partial charge in [0.05, 0.1) is 16.7 Å². The molecule has 0 bridgehead atoms. The number of benzene rings is 4. The van der Waals surface area contributed by atoms with Crippen molar-refractivity contribution >= 4 is 18.9 Å². The van der Waals surface area contributed by atoms with Gasteiger partial charge in [0, 0.05) is 0 Å². The predicted octanol–water partition coefficient (Wildman–Crippen LogP) is 5.24. The lowest BCUT2D eigenvalue weighted by Crippen LogP contribution is -1.89. The van der Waals surface area contributed by atoms with Gasteiger partial charge in [0.15, 0.2) is 18.9 Å². The predicted molar refractivity (Wildman–Crippen MR) is 124 cm³/mol. The van der Waals surface area contributed by atoms with Crippen molar-refractivity contribution in [2.45, 2.75) is 0 Å². The Kier molecular flexibility index (Phi) is 5.74. The number of aromatic hydroxyl groups is 3. The van der Waals surface area contributed by atoms with Crippen molar-refractivity contribution in [3.05, 3.63) is 89.5 Å². The first kappa shape index (κ1) is 21.5. The molecule has 0 spiro atoms. The molecule has 4 aromatic rings. The summed E-state index contributed by atoms with van der Waals surface area (Å²) in [7, 11) is 0. The summed E-state index contributed by atoms with van der Waals surface area (Å²) in [5.74, 6) is -0.471. The van der Waals surface area contributed by atoms with Crippen molar-refractivity contribution < 1.29 is 29.7 Å². The summed E-state index contributed by atoms with van der Waals surface area (Å²) in [6, 6.07) is 19.6. The molecule has 0 aliphatic carbocycles. The van der Waals surface area contributed by atoms with Gasteiger partial charge in [0.2, 0.25) is 0 Å². The van der Waals surface area contributed by atoms with Gasteiger partial charge in [-0.25, -0.2) is 0 Å². The van der Waals surface area contributed by atoms with E-state index in [0.29, 0.717) is 52.2 Å². The Labute approximate surface area is 189 Å². The second-order valence-corrected chi connectivity index (χ2v) is 7.47. The van der Waals surface area contributed by atoms with E-state index >= 15 is 0 Å². The molecule has 0 atom stereocenters. The molecular formula is C27H18O6. The summed E-state index contributed by atoms with van der Waals surface area (Å²) in [5, 5.41) is 30.4. The van der Waals surface area contributed by atoms with Gasteiger partial charge in [-0.05, 0) is 88.0 Å². The van der Waals surface area contributed by atoms with E-state index in [4.69, 9.17) is 0 Å². The highest BCUT2D eigenvalue weighted by atomic mass is 16.3. The first-order chi connectivity index (χ1) is 15.9. The van der Waals surface area contributed by atoms with Gasteiger partial charge in [-0.3, -0.25) is 14.4 Å². The summed E-state index contributed by atoms with van der Waals surface area (Å²) < 4.78 is 0. The Hall–Kier alpha value is -4.71. The van der Waals surface area contributed by atoms with Gasteiger partial charge >= 0.3 is 0 Å². The number of carbonyl (C=O) groups excluding carboxylic acids is 3. The van der Waals surface area contributed by atoms with E-state index in [0.717, 1.165) is 0 Å². The van der Waals surface area contributed by atoms with Crippen LogP contribution in [0.2, 0.25) is 0 Å². The lowest BCUT2D eigenvalue weighted by molar-refractivity contribution is 0.111. The maximum Gasteiger partial charge on any atom is 0.153 e. The third-order valence-corrected chi connectivity index (χ3v) is 5.41. The van der Waals surface area contributed by atoms with Crippen LogP contribution in [0.25, 0.3) is 33.4 Å². The molecule has 33 heavy (non-hydrogen) atoms. The van der Waals surface area contributed by atoms with E-state index in [1.54, 1.807) is 18.2 Å². The molecule has 6 heteroatoms. The normalized spacial score (nSPS) is 10.5. The average molecular weight is 438 g/mol. The van der Waals surface area contributed by atoms with E-state index in [9.17, 15) is 29.7 Å². The first-order valence-corrected chi connectivity index (χ1v) is 9.94. The fraction of sp³-hybridized carbons (Fsp3) is 0. The minimum atomic E-state index is -0.157. The third kappa shape index (κ3) is 4.22. The topological polar surface area (TPSA) is 112 Å². The van der Waals surface area contributed by atoms with Crippen molar-refractivity contribution in [3.63, 3.8) is 0 Å². The summed E-state index contributed by atoms with van der Waals surface area (Å²) in [6.45, 7) is 0. The zero-order valence-electron chi connectivity index (χ0n) is 17.2. The Balaban J connectivity index is 1.93. The van der Waals surface area contributed by atoms with Crippen LogP contribution in [0.3, 0.4) is 0 Å². The van der Waals surface area contributed by atoms with E-state index in [-0.39, 0.29) is 33.9 Å². The largest absolute Gasteiger partial charge is 0.507 e. The first-order valence-electron chi connectivity index (χ1n) is 9.94. The molecule has 3 N–H and O–H groups in total. The highest BCUT2D eigenvalue weighted by Gasteiger charge is 2.12. The molecule has 0 saturated heterocycles. The monoisotopic (exact) mass is 438 g/mol. The smallest absolute Gasteiger partial charge is 0.153 e. The molecule has 0 aliphatic heterocycles. The van der Waals surface area contributed by atoms with E-state index in [1.807, 2.05) is 18.2 Å². The van der Waals surface area contributed by atoms with Gasteiger partial charge in [-0.15, -0.1) is 0 Å².